The van der Waals surface area contributed by atoms with Crippen LogP contribution in [0.2, 0.25) is 0 Å². The minimum atomic E-state index is 0.322. The van der Waals surface area contributed by atoms with Gasteiger partial charge >= 0.3 is 0 Å². The highest BCUT2D eigenvalue weighted by Crippen LogP contribution is 2.32. The van der Waals surface area contributed by atoms with E-state index < -0.39 is 0 Å². The van der Waals surface area contributed by atoms with Gasteiger partial charge in [0.2, 0.25) is 0 Å². The third-order valence-electron chi connectivity index (χ3n) is 4.03. The molecule has 1 aromatic carbocycles. The fourth-order valence-corrected chi connectivity index (χ4v) is 2.66. The molecule has 0 aliphatic carbocycles. The molecule has 2 aromatic heterocycles. The molecule has 0 saturated carbocycles. The van der Waals surface area contributed by atoms with Crippen LogP contribution < -0.4 is 20.5 Å². The fourth-order valence-electron chi connectivity index (χ4n) is 2.66. The van der Waals surface area contributed by atoms with E-state index in [9.17, 15) is 0 Å². The number of anilines is 1. The second-order valence-corrected chi connectivity index (χ2v) is 6.03. The van der Waals surface area contributed by atoms with Gasteiger partial charge in [-0.25, -0.2) is 15.0 Å². The van der Waals surface area contributed by atoms with Gasteiger partial charge in [0.1, 0.15) is 12.1 Å². The Labute approximate surface area is 156 Å². The lowest BCUT2D eigenvalue weighted by Crippen LogP contribution is -2.22. The normalized spacial score (nSPS) is 13.9. The minimum absolute atomic E-state index is 0.322. The molecule has 3 N–H and O–H groups in total. The van der Waals surface area contributed by atoms with E-state index in [1.807, 2.05) is 41.1 Å². The molecule has 3 aromatic rings. The van der Waals surface area contributed by atoms with Crippen molar-refractivity contribution in [3.63, 3.8) is 0 Å². The maximum atomic E-state index is 6.00. The number of benzene rings is 1. The summed E-state index contributed by atoms with van der Waals surface area (Å²) in [6.45, 7) is 1.74. The quantitative estimate of drug-likeness (QED) is 0.545. The zero-order chi connectivity index (χ0) is 18.5. The van der Waals surface area contributed by atoms with Crippen LogP contribution in [-0.4, -0.2) is 33.7 Å². The van der Waals surface area contributed by atoms with Gasteiger partial charge in [0, 0.05) is 36.8 Å². The van der Waals surface area contributed by atoms with Crippen molar-refractivity contribution in [3.8, 4) is 17.3 Å². The second kappa shape index (κ2) is 7.77. The maximum absolute atomic E-state index is 6.00. The maximum Gasteiger partial charge on any atom is 0.193 e. The van der Waals surface area contributed by atoms with E-state index in [-0.39, 0.29) is 0 Å². The largest absolute Gasteiger partial charge is 0.490 e. The third kappa shape index (κ3) is 4.17. The van der Waals surface area contributed by atoms with E-state index in [4.69, 9.17) is 15.2 Å². The molecule has 8 nitrogen and oxygen atoms in total. The Bertz CT molecular complexity index is 922. The van der Waals surface area contributed by atoms with Crippen molar-refractivity contribution in [3.05, 3.63) is 60.8 Å². The smallest absolute Gasteiger partial charge is 0.193 e. The molecule has 0 saturated heterocycles. The number of nitrogens with zero attached hydrogens (tertiary/aromatic N) is 4. The molecule has 1 aliphatic heterocycles. The minimum Gasteiger partial charge on any atom is -0.490 e. The highest BCUT2D eigenvalue weighted by atomic mass is 16.5. The number of aromatic nitrogens is 3. The first-order chi connectivity index (χ1) is 13.3. The number of pyridine rings is 1. The number of fused-ring (bicyclic) bond motifs is 1. The monoisotopic (exact) mass is 364 g/mol. The lowest BCUT2D eigenvalue weighted by atomic mass is 10.2. The molecule has 3 heterocycles. The first kappa shape index (κ1) is 16.9. The highest BCUT2D eigenvalue weighted by Gasteiger charge is 2.10. The predicted octanol–water partition coefficient (Wildman–Crippen LogP) is 2.36. The molecule has 138 valence electrons. The van der Waals surface area contributed by atoms with Crippen molar-refractivity contribution in [2.75, 3.05) is 18.5 Å². The Kier molecular flexibility index (Phi) is 4.86. The summed E-state index contributed by atoms with van der Waals surface area (Å²) in [5.41, 5.74) is 7.76. The first-order valence-corrected chi connectivity index (χ1v) is 8.68. The highest BCUT2D eigenvalue weighted by molar-refractivity contribution is 5.92. The Balaban J connectivity index is 1.39. The number of hydrogen-bond acceptors (Lipinski definition) is 5. The molecule has 0 atom stereocenters. The van der Waals surface area contributed by atoms with Crippen LogP contribution in [0.3, 0.4) is 0 Å². The number of hydrogen-bond donors (Lipinski definition) is 2. The van der Waals surface area contributed by atoms with Crippen LogP contribution in [0.4, 0.5) is 5.69 Å². The van der Waals surface area contributed by atoms with Crippen LogP contribution in [0.15, 0.2) is 60.2 Å². The Morgan fingerprint density at radius 1 is 1.19 bits per heavy atom. The van der Waals surface area contributed by atoms with E-state index in [1.165, 1.54) is 0 Å². The first-order valence-electron chi connectivity index (χ1n) is 8.68. The number of nitrogens with one attached hydrogen (secondary N) is 1. The van der Waals surface area contributed by atoms with Crippen LogP contribution in [-0.2, 0) is 6.54 Å². The average molecular weight is 364 g/mol. The predicted molar refractivity (Wildman–Crippen MR) is 102 cm³/mol. The van der Waals surface area contributed by atoms with Crippen LogP contribution in [0.5, 0.6) is 11.5 Å². The van der Waals surface area contributed by atoms with Crippen LogP contribution in [0.1, 0.15) is 12.0 Å². The zero-order valence-electron chi connectivity index (χ0n) is 14.7. The summed E-state index contributed by atoms with van der Waals surface area (Å²) in [4.78, 5) is 12.8. The van der Waals surface area contributed by atoms with Gasteiger partial charge in [-0.3, -0.25) is 4.57 Å². The molecule has 0 amide bonds. The van der Waals surface area contributed by atoms with E-state index in [2.05, 4.69) is 20.3 Å². The summed E-state index contributed by atoms with van der Waals surface area (Å²) in [5.74, 6) is 2.59. The molecule has 0 fully saturated rings. The Morgan fingerprint density at radius 3 is 2.85 bits per heavy atom. The van der Waals surface area contributed by atoms with Crippen LogP contribution in [0, 0.1) is 0 Å². The SMILES string of the molecule is NC(=NCc1ccc(-n2ccnc2)nc1)Nc1ccc2c(c1)OCCCO2. The molecule has 27 heavy (non-hydrogen) atoms. The molecular weight excluding hydrogens is 344 g/mol. The third-order valence-corrected chi connectivity index (χ3v) is 4.03. The number of rotatable bonds is 4. The van der Waals surface area contributed by atoms with Gasteiger partial charge < -0.3 is 20.5 Å². The van der Waals surface area contributed by atoms with E-state index in [1.54, 1.807) is 18.7 Å². The molecular formula is C19H20N6O2. The number of imidazole rings is 1. The summed E-state index contributed by atoms with van der Waals surface area (Å²) in [6.07, 6.45) is 7.91. The van der Waals surface area contributed by atoms with Gasteiger partial charge in [-0.1, -0.05) is 6.07 Å². The Morgan fingerprint density at radius 2 is 2.07 bits per heavy atom. The standard InChI is InChI=1S/C19H20N6O2/c20-19(24-15-3-4-16-17(10-15)27-9-1-8-26-16)23-12-14-2-5-18(22-11-14)25-7-6-21-13-25/h2-7,10-11,13H,1,8-9,12H2,(H3,20,23,24). The number of aliphatic imine (C=N–C) groups is 1. The molecule has 1 aliphatic rings. The van der Waals surface area contributed by atoms with Crippen molar-refractivity contribution in [1.82, 2.24) is 14.5 Å². The van der Waals surface area contributed by atoms with Gasteiger partial charge in [0.05, 0.1) is 19.8 Å². The summed E-state index contributed by atoms with van der Waals surface area (Å²) >= 11 is 0. The van der Waals surface area contributed by atoms with E-state index >= 15 is 0 Å². The summed E-state index contributed by atoms with van der Waals surface area (Å²) in [5, 5.41) is 3.08. The fraction of sp³-hybridized carbons (Fsp3) is 0.211. The van der Waals surface area contributed by atoms with Crippen molar-refractivity contribution in [1.29, 1.82) is 0 Å². The molecule has 8 heteroatoms. The van der Waals surface area contributed by atoms with E-state index in [0.717, 1.165) is 29.2 Å². The van der Waals surface area contributed by atoms with E-state index in [0.29, 0.717) is 31.5 Å². The summed E-state index contributed by atoms with van der Waals surface area (Å²) in [6, 6.07) is 9.50. The molecule has 0 bridgehead atoms. The zero-order valence-corrected chi connectivity index (χ0v) is 14.7. The second-order valence-electron chi connectivity index (χ2n) is 6.03. The number of guanidine groups is 1. The van der Waals surface area contributed by atoms with Crippen LogP contribution >= 0.6 is 0 Å². The lowest BCUT2D eigenvalue weighted by molar-refractivity contribution is 0.297. The van der Waals surface area contributed by atoms with Crippen molar-refractivity contribution in [2.24, 2.45) is 10.7 Å². The summed E-state index contributed by atoms with van der Waals surface area (Å²) in [7, 11) is 0. The molecule has 0 unspecified atom stereocenters. The van der Waals surface area contributed by atoms with Crippen molar-refractivity contribution >= 4 is 11.6 Å². The van der Waals surface area contributed by atoms with Crippen molar-refractivity contribution in [2.45, 2.75) is 13.0 Å². The average Bonchev–Trinajstić information content (AvgIpc) is 3.13. The van der Waals surface area contributed by atoms with Gasteiger partial charge in [0.25, 0.3) is 0 Å². The topological polar surface area (TPSA) is 99.6 Å². The van der Waals surface area contributed by atoms with Gasteiger partial charge in [0.15, 0.2) is 17.5 Å². The van der Waals surface area contributed by atoms with Gasteiger partial charge in [-0.2, -0.15) is 0 Å². The molecule has 4 rings (SSSR count). The van der Waals surface area contributed by atoms with Gasteiger partial charge in [-0.05, 0) is 23.8 Å². The lowest BCUT2D eigenvalue weighted by Gasteiger charge is -2.10. The molecule has 0 spiro atoms. The van der Waals surface area contributed by atoms with Crippen molar-refractivity contribution < 1.29 is 9.47 Å². The Hall–Kier alpha value is -3.55. The number of nitrogens with two attached hydrogens (primary N) is 1. The van der Waals surface area contributed by atoms with Crippen LogP contribution in [0.25, 0.3) is 5.82 Å². The molecule has 0 radical (unpaired) electrons. The van der Waals surface area contributed by atoms with Gasteiger partial charge in [-0.15, -0.1) is 0 Å². The summed E-state index contributed by atoms with van der Waals surface area (Å²) < 4.78 is 13.1. The number of ether oxygens (including phenoxy) is 2.